The highest BCUT2D eigenvalue weighted by Crippen LogP contribution is 2.25. The van der Waals surface area contributed by atoms with Crippen molar-refractivity contribution >= 4 is 0 Å². The van der Waals surface area contributed by atoms with E-state index < -0.39 is 12.7 Å². The molecule has 0 aromatic rings. The zero-order valence-corrected chi connectivity index (χ0v) is 12.3. The lowest BCUT2D eigenvalue weighted by molar-refractivity contribution is -0.150. The van der Waals surface area contributed by atoms with Gasteiger partial charge in [-0.2, -0.15) is 13.2 Å². The van der Waals surface area contributed by atoms with Crippen LogP contribution >= 0.6 is 0 Å². The van der Waals surface area contributed by atoms with Crippen LogP contribution in [0.2, 0.25) is 0 Å². The predicted molar refractivity (Wildman–Crippen MR) is 73.8 cm³/mol. The molecule has 0 spiro atoms. The maximum absolute atomic E-state index is 12.4. The van der Waals surface area contributed by atoms with E-state index in [0.29, 0.717) is 25.2 Å². The molecule has 1 saturated heterocycles. The molecule has 1 aliphatic carbocycles. The second kappa shape index (κ2) is 7.09. The Morgan fingerprint density at radius 3 is 2.40 bits per heavy atom. The van der Waals surface area contributed by atoms with E-state index in [-0.39, 0.29) is 0 Å². The van der Waals surface area contributed by atoms with Gasteiger partial charge in [-0.15, -0.1) is 0 Å². The third-order valence-electron chi connectivity index (χ3n) is 4.47. The summed E-state index contributed by atoms with van der Waals surface area (Å²) in [6.45, 7) is 5.00. The number of hydrogen-bond donors (Lipinski definition) is 1. The number of piperazine rings is 1. The minimum Gasteiger partial charge on any atom is -0.314 e. The zero-order valence-electron chi connectivity index (χ0n) is 12.3. The van der Waals surface area contributed by atoms with Crippen LogP contribution in [-0.2, 0) is 0 Å². The Kier molecular flexibility index (Phi) is 5.69. The number of alkyl halides is 3. The Balaban J connectivity index is 1.75. The van der Waals surface area contributed by atoms with Gasteiger partial charge < -0.3 is 5.32 Å². The van der Waals surface area contributed by atoms with Crippen molar-refractivity contribution in [1.29, 1.82) is 0 Å². The molecule has 0 amide bonds. The molecule has 6 heteroatoms. The molecule has 1 N–H and O–H groups in total. The molecule has 1 aliphatic heterocycles. The SMILES string of the molecule is CCNC1CCCC(N2CCN(CC(F)(F)F)CC2)C1. The third kappa shape index (κ3) is 4.90. The fourth-order valence-electron chi connectivity index (χ4n) is 3.51. The molecule has 20 heavy (non-hydrogen) atoms. The summed E-state index contributed by atoms with van der Waals surface area (Å²) in [6.07, 6.45) is 0.737. The molecule has 0 radical (unpaired) electrons. The molecule has 0 aromatic heterocycles. The highest BCUT2D eigenvalue weighted by molar-refractivity contribution is 4.86. The molecule has 1 heterocycles. The molecule has 2 unspecified atom stereocenters. The first-order valence-electron chi connectivity index (χ1n) is 7.74. The summed E-state index contributed by atoms with van der Waals surface area (Å²) in [7, 11) is 0. The Labute approximate surface area is 119 Å². The van der Waals surface area contributed by atoms with Gasteiger partial charge in [-0.3, -0.25) is 9.80 Å². The molecule has 1 saturated carbocycles. The van der Waals surface area contributed by atoms with Crippen molar-refractivity contribution in [1.82, 2.24) is 15.1 Å². The van der Waals surface area contributed by atoms with Gasteiger partial charge in [0, 0.05) is 38.3 Å². The molecule has 2 rings (SSSR count). The second-order valence-electron chi connectivity index (χ2n) is 6.00. The summed E-state index contributed by atoms with van der Waals surface area (Å²) in [5, 5.41) is 3.51. The zero-order chi connectivity index (χ0) is 14.6. The third-order valence-corrected chi connectivity index (χ3v) is 4.47. The van der Waals surface area contributed by atoms with Crippen molar-refractivity contribution in [2.45, 2.75) is 50.9 Å². The van der Waals surface area contributed by atoms with Gasteiger partial charge in [0.1, 0.15) is 0 Å². The predicted octanol–water partition coefficient (Wildman–Crippen LogP) is 2.09. The lowest BCUT2D eigenvalue weighted by Gasteiger charge is -2.42. The molecule has 3 nitrogen and oxygen atoms in total. The summed E-state index contributed by atoms with van der Waals surface area (Å²) in [5.41, 5.74) is 0. The Hall–Kier alpha value is -0.330. The highest BCUT2D eigenvalue weighted by atomic mass is 19.4. The van der Waals surface area contributed by atoms with Gasteiger partial charge in [0.05, 0.1) is 6.54 Å². The fourth-order valence-corrected chi connectivity index (χ4v) is 3.51. The largest absolute Gasteiger partial charge is 0.401 e. The van der Waals surface area contributed by atoms with Gasteiger partial charge in [0.2, 0.25) is 0 Å². The van der Waals surface area contributed by atoms with Crippen molar-refractivity contribution in [3.05, 3.63) is 0 Å². The Morgan fingerprint density at radius 2 is 1.80 bits per heavy atom. The van der Waals surface area contributed by atoms with Crippen molar-refractivity contribution in [3.63, 3.8) is 0 Å². The molecule has 2 aliphatic rings. The standard InChI is InChI=1S/C14H26F3N3/c1-2-18-12-4-3-5-13(10-12)20-8-6-19(7-9-20)11-14(15,16)17/h12-13,18H,2-11H2,1H3. The van der Waals surface area contributed by atoms with Crippen LogP contribution in [0.25, 0.3) is 0 Å². The van der Waals surface area contributed by atoms with Gasteiger partial charge in [-0.1, -0.05) is 13.3 Å². The summed E-state index contributed by atoms with van der Waals surface area (Å²) < 4.78 is 37.1. The second-order valence-corrected chi connectivity index (χ2v) is 6.00. The van der Waals surface area contributed by atoms with Crippen LogP contribution in [-0.4, -0.2) is 67.3 Å². The van der Waals surface area contributed by atoms with Gasteiger partial charge in [-0.05, 0) is 25.8 Å². The minimum atomic E-state index is -4.07. The number of halogens is 3. The van der Waals surface area contributed by atoms with E-state index in [9.17, 15) is 13.2 Å². The monoisotopic (exact) mass is 293 g/mol. The van der Waals surface area contributed by atoms with Crippen LogP contribution in [0, 0.1) is 0 Å². The molecule has 0 aromatic carbocycles. The number of nitrogens with zero attached hydrogens (tertiary/aromatic N) is 2. The van der Waals surface area contributed by atoms with Crippen molar-refractivity contribution in [3.8, 4) is 0 Å². The summed E-state index contributed by atoms with van der Waals surface area (Å²) in [5.74, 6) is 0. The van der Waals surface area contributed by atoms with Crippen LogP contribution < -0.4 is 5.32 Å². The maximum atomic E-state index is 12.4. The van der Waals surface area contributed by atoms with Gasteiger partial charge in [-0.25, -0.2) is 0 Å². The quantitative estimate of drug-likeness (QED) is 0.856. The van der Waals surface area contributed by atoms with Gasteiger partial charge >= 0.3 is 6.18 Å². The first kappa shape index (κ1) is 16.0. The smallest absolute Gasteiger partial charge is 0.314 e. The number of nitrogens with one attached hydrogen (secondary N) is 1. The van der Waals surface area contributed by atoms with Crippen molar-refractivity contribution in [2.24, 2.45) is 0 Å². The Bertz CT molecular complexity index is 286. The maximum Gasteiger partial charge on any atom is 0.401 e. The summed E-state index contributed by atoms with van der Waals surface area (Å²) in [6, 6.07) is 1.15. The van der Waals surface area contributed by atoms with Crippen LogP contribution in [0.5, 0.6) is 0 Å². The normalized spacial score (nSPS) is 30.6. The Morgan fingerprint density at radius 1 is 1.10 bits per heavy atom. The van der Waals surface area contributed by atoms with E-state index in [2.05, 4.69) is 17.1 Å². The van der Waals surface area contributed by atoms with E-state index in [1.165, 1.54) is 24.2 Å². The average molecular weight is 293 g/mol. The number of hydrogen-bond acceptors (Lipinski definition) is 3. The van der Waals surface area contributed by atoms with E-state index in [1.807, 2.05) is 0 Å². The van der Waals surface area contributed by atoms with Crippen LogP contribution in [0.4, 0.5) is 13.2 Å². The molecular formula is C14H26F3N3. The van der Waals surface area contributed by atoms with Crippen LogP contribution in [0.15, 0.2) is 0 Å². The van der Waals surface area contributed by atoms with E-state index >= 15 is 0 Å². The first-order valence-corrected chi connectivity index (χ1v) is 7.74. The number of rotatable bonds is 4. The molecular weight excluding hydrogens is 267 g/mol. The minimum absolute atomic E-state index is 0.544. The first-order chi connectivity index (χ1) is 9.48. The lowest BCUT2D eigenvalue weighted by atomic mass is 9.89. The lowest BCUT2D eigenvalue weighted by Crippen LogP contribution is -2.54. The van der Waals surface area contributed by atoms with Crippen molar-refractivity contribution in [2.75, 3.05) is 39.3 Å². The highest BCUT2D eigenvalue weighted by Gasteiger charge is 2.34. The van der Waals surface area contributed by atoms with Crippen LogP contribution in [0.3, 0.4) is 0 Å². The van der Waals surface area contributed by atoms with Gasteiger partial charge in [0.15, 0.2) is 0 Å². The molecule has 2 atom stereocenters. The van der Waals surface area contributed by atoms with E-state index in [0.717, 1.165) is 26.1 Å². The summed E-state index contributed by atoms with van der Waals surface area (Å²) >= 11 is 0. The molecule has 118 valence electrons. The average Bonchev–Trinajstić information content (AvgIpc) is 2.38. The fraction of sp³-hybridized carbons (Fsp3) is 1.00. The summed E-state index contributed by atoms with van der Waals surface area (Å²) in [4.78, 5) is 3.93. The van der Waals surface area contributed by atoms with Crippen LogP contribution in [0.1, 0.15) is 32.6 Å². The van der Waals surface area contributed by atoms with E-state index in [1.54, 1.807) is 0 Å². The molecule has 2 fully saturated rings. The topological polar surface area (TPSA) is 18.5 Å². The van der Waals surface area contributed by atoms with E-state index in [4.69, 9.17) is 0 Å². The van der Waals surface area contributed by atoms with Gasteiger partial charge in [0.25, 0.3) is 0 Å². The van der Waals surface area contributed by atoms with Crippen molar-refractivity contribution < 1.29 is 13.2 Å². The molecule has 0 bridgehead atoms.